The fourth-order valence-corrected chi connectivity index (χ4v) is 3.60. The summed E-state index contributed by atoms with van der Waals surface area (Å²) in [6.45, 7) is -0.302. The van der Waals surface area contributed by atoms with Crippen molar-refractivity contribution in [1.29, 1.82) is 0 Å². The van der Waals surface area contributed by atoms with Crippen LogP contribution in [-0.2, 0) is 10.0 Å². The van der Waals surface area contributed by atoms with E-state index >= 15 is 0 Å². The summed E-state index contributed by atoms with van der Waals surface area (Å²) >= 11 is 0. The number of sulfonamides is 1. The maximum absolute atomic E-state index is 12.5. The molecule has 3 aromatic carbocycles. The van der Waals surface area contributed by atoms with Crippen molar-refractivity contribution in [3.05, 3.63) is 84.4 Å². The molecule has 0 saturated heterocycles. The van der Waals surface area contributed by atoms with Crippen LogP contribution in [0.25, 0.3) is 11.1 Å². The van der Waals surface area contributed by atoms with Gasteiger partial charge < -0.3 is 4.74 Å². The predicted octanol–water partition coefficient (Wildman–Crippen LogP) is 3.52. The van der Waals surface area contributed by atoms with Gasteiger partial charge >= 0.3 is 0 Å². The fourth-order valence-electron chi connectivity index (χ4n) is 2.60. The third-order valence-corrected chi connectivity index (χ3v) is 5.50. The molecule has 1 N–H and O–H groups in total. The molecular formula is C21H19NO4S. The molecule has 0 radical (unpaired) electrons. The largest absolute Gasteiger partial charge is 0.497 e. The van der Waals surface area contributed by atoms with Gasteiger partial charge in [0.25, 0.3) is 0 Å². The quantitative estimate of drug-likeness (QED) is 0.636. The Hall–Kier alpha value is -2.96. The Balaban J connectivity index is 1.73. The van der Waals surface area contributed by atoms with Crippen LogP contribution in [-0.4, -0.2) is 27.9 Å². The van der Waals surface area contributed by atoms with Crippen LogP contribution in [0.1, 0.15) is 10.4 Å². The monoisotopic (exact) mass is 381 g/mol. The van der Waals surface area contributed by atoms with Crippen molar-refractivity contribution in [2.75, 3.05) is 13.7 Å². The van der Waals surface area contributed by atoms with Crippen molar-refractivity contribution >= 4 is 15.8 Å². The second kappa shape index (κ2) is 8.16. The number of ketones is 1. The summed E-state index contributed by atoms with van der Waals surface area (Å²) in [5.74, 6) is 0.450. The molecule has 3 aromatic rings. The normalized spacial score (nSPS) is 11.1. The third kappa shape index (κ3) is 4.61. The summed E-state index contributed by atoms with van der Waals surface area (Å²) in [4.78, 5) is 12.6. The maximum atomic E-state index is 12.5. The molecule has 0 heterocycles. The Morgan fingerprint density at radius 1 is 0.889 bits per heavy atom. The van der Waals surface area contributed by atoms with Gasteiger partial charge in [0.05, 0.1) is 18.6 Å². The summed E-state index contributed by atoms with van der Waals surface area (Å²) in [5, 5.41) is 0. The van der Waals surface area contributed by atoms with Gasteiger partial charge in [-0.05, 0) is 41.5 Å². The molecule has 0 aliphatic carbocycles. The van der Waals surface area contributed by atoms with Gasteiger partial charge in [-0.3, -0.25) is 4.79 Å². The van der Waals surface area contributed by atoms with E-state index in [1.807, 2.05) is 30.3 Å². The zero-order chi connectivity index (χ0) is 19.3. The summed E-state index contributed by atoms with van der Waals surface area (Å²) in [5.41, 5.74) is 2.25. The lowest BCUT2D eigenvalue weighted by molar-refractivity contribution is 0.0997. The first-order valence-corrected chi connectivity index (χ1v) is 9.80. The molecular weight excluding hydrogens is 362 g/mol. The van der Waals surface area contributed by atoms with Gasteiger partial charge in [0, 0.05) is 5.56 Å². The number of carbonyl (C=O) groups excluding carboxylic acids is 1. The second-order valence-electron chi connectivity index (χ2n) is 5.87. The van der Waals surface area contributed by atoms with Crippen molar-refractivity contribution < 1.29 is 17.9 Å². The van der Waals surface area contributed by atoms with Crippen molar-refractivity contribution in [2.24, 2.45) is 0 Å². The number of nitrogens with one attached hydrogen (secondary N) is 1. The van der Waals surface area contributed by atoms with E-state index in [4.69, 9.17) is 4.74 Å². The smallest absolute Gasteiger partial charge is 0.240 e. The van der Waals surface area contributed by atoms with Gasteiger partial charge in [0.15, 0.2) is 5.78 Å². The number of carbonyl (C=O) groups is 1. The predicted molar refractivity (Wildman–Crippen MR) is 104 cm³/mol. The van der Waals surface area contributed by atoms with Crippen LogP contribution in [0.5, 0.6) is 5.75 Å². The van der Waals surface area contributed by atoms with Gasteiger partial charge in [-0.25, -0.2) is 13.1 Å². The Bertz CT molecular complexity index is 1030. The molecule has 0 bridgehead atoms. The molecule has 27 heavy (non-hydrogen) atoms. The Kier molecular flexibility index (Phi) is 5.69. The summed E-state index contributed by atoms with van der Waals surface area (Å²) in [7, 11) is -2.12. The zero-order valence-corrected chi connectivity index (χ0v) is 15.6. The molecule has 0 amide bonds. The van der Waals surface area contributed by atoms with Crippen LogP contribution in [0.3, 0.4) is 0 Å². The lowest BCUT2D eigenvalue weighted by Gasteiger charge is -2.08. The van der Waals surface area contributed by atoms with Crippen molar-refractivity contribution in [3.8, 4) is 16.9 Å². The van der Waals surface area contributed by atoms with Gasteiger partial charge in [0.1, 0.15) is 5.75 Å². The first-order valence-electron chi connectivity index (χ1n) is 8.32. The number of hydrogen-bond acceptors (Lipinski definition) is 4. The standard InChI is InChI=1S/C21H19NO4S/c1-26-19-12-10-16(11-13-19)17-6-5-7-18(14-17)21(23)15-22-27(24,25)20-8-3-2-4-9-20/h2-14,22H,15H2,1H3. The summed E-state index contributed by atoms with van der Waals surface area (Å²) in [6.07, 6.45) is 0. The molecule has 0 atom stereocenters. The van der Waals surface area contributed by atoms with Crippen LogP contribution in [0.2, 0.25) is 0 Å². The van der Waals surface area contributed by atoms with E-state index < -0.39 is 10.0 Å². The molecule has 3 rings (SSSR count). The zero-order valence-electron chi connectivity index (χ0n) is 14.8. The first kappa shape index (κ1) is 18.8. The molecule has 0 aliphatic rings. The second-order valence-corrected chi connectivity index (χ2v) is 7.64. The van der Waals surface area contributed by atoms with Gasteiger partial charge in [-0.2, -0.15) is 0 Å². The number of methoxy groups -OCH3 is 1. The van der Waals surface area contributed by atoms with E-state index in [0.29, 0.717) is 5.56 Å². The molecule has 0 spiro atoms. The lowest BCUT2D eigenvalue weighted by Crippen LogP contribution is -2.29. The van der Waals surface area contributed by atoms with Crippen LogP contribution in [0.4, 0.5) is 0 Å². The minimum absolute atomic E-state index is 0.129. The van der Waals surface area contributed by atoms with Crippen molar-refractivity contribution in [2.45, 2.75) is 4.90 Å². The van der Waals surface area contributed by atoms with Gasteiger partial charge in [-0.1, -0.05) is 48.5 Å². The molecule has 5 nitrogen and oxygen atoms in total. The van der Waals surface area contributed by atoms with E-state index in [1.54, 1.807) is 43.5 Å². The average molecular weight is 381 g/mol. The minimum Gasteiger partial charge on any atom is -0.497 e. The van der Waals surface area contributed by atoms with Gasteiger partial charge in [0.2, 0.25) is 10.0 Å². The molecule has 0 aliphatic heterocycles. The Morgan fingerprint density at radius 3 is 2.26 bits per heavy atom. The highest BCUT2D eigenvalue weighted by Gasteiger charge is 2.16. The molecule has 0 aromatic heterocycles. The SMILES string of the molecule is COc1ccc(-c2cccc(C(=O)CNS(=O)(=O)c3ccccc3)c2)cc1. The number of Topliss-reactive ketones (excluding diaryl/α,β-unsaturated/α-hetero) is 1. The number of hydrogen-bond donors (Lipinski definition) is 1. The molecule has 6 heteroatoms. The summed E-state index contributed by atoms with van der Waals surface area (Å²) in [6, 6.07) is 22.6. The Morgan fingerprint density at radius 2 is 1.59 bits per heavy atom. The van der Waals surface area contributed by atoms with Crippen LogP contribution >= 0.6 is 0 Å². The van der Waals surface area contributed by atoms with Crippen molar-refractivity contribution in [1.82, 2.24) is 4.72 Å². The van der Waals surface area contributed by atoms with Crippen molar-refractivity contribution in [3.63, 3.8) is 0 Å². The van der Waals surface area contributed by atoms with Gasteiger partial charge in [-0.15, -0.1) is 0 Å². The average Bonchev–Trinajstić information content (AvgIpc) is 2.73. The van der Waals surface area contributed by atoms with Crippen LogP contribution in [0.15, 0.2) is 83.8 Å². The molecule has 0 saturated carbocycles. The summed E-state index contributed by atoms with van der Waals surface area (Å²) < 4.78 is 32.0. The maximum Gasteiger partial charge on any atom is 0.240 e. The molecule has 0 unspecified atom stereocenters. The van der Waals surface area contributed by atoms with E-state index in [2.05, 4.69) is 4.72 Å². The van der Waals surface area contributed by atoms with E-state index in [1.165, 1.54) is 12.1 Å². The number of benzene rings is 3. The minimum atomic E-state index is -3.72. The van der Waals surface area contributed by atoms with Crippen LogP contribution < -0.4 is 9.46 Å². The number of ether oxygens (including phenoxy) is 1. The van der Waals surface area contributed by atoms with E-state index in [9.17, 15) is 13.2 Å². The Labute approximate surface area is 158 Å². The highest BCUT2D eigenvalue weighted by atomic mass is 32.2. The molecule has 138 valence electrons. The fraction of sp³-hybridized carbons (Fsp3) is 0.0952. The lowest BCUT2D eigenvalue weighted by atomic mass is 10.0. The first-order chi connectivity index (χ1) is 13.0. The number of rotatable bonds is 7. The van der Waals surface area contributed by atoms with E-state index in [-0.39, 0.29) is 17.2 Å². The van der Waals surface area contributed by atoms with E-state index in [0.717, 1.165) is 16.9 Å². The van der Waals surface area contributed by atoms with Crippen LogP contribution in [0, 0.1) is 0 Å². The topological polar surface area (TPSA) is 72.5 Å². The highest BCUT2D eigenvalue weighted by molar-refractivity contribution is 7.89. The third-order valence-electron chi connectivity index (χ3n) is 4.08. The molecule has 0 fully saturated rings. The highest BCUT2D eigenvalue weighted by Crippen LogP contribution is 2.23.